The lowest BCUT2D eigenvalue weighted by Gasteiger charge is -2.27. The van der Waals surface area contributed by atoms with E-state index in [0.717, 1.165) is 4.88 Å². The zero-order valence-corrected chi connectivity index (χ0v) is 19.2. The molecule has 2 aliphatic rings. The van der Waals surface area contributed by atoms with Crippen LogP contribution in [0.15, 0.2) is 72.1 Å². The average molecular weight is 477 g/mol. The highest BCUT2D eigenvalue weighted by Crippen LogP contribution is 2.28. The molecule has 0 spiro atoms. The molecule has 3 atom stereocenters. The van der Waals surface area contributed by atoms with Crippen molar-refractivity contribution in [3.05, 3.63) is 82.6 Å². The number of para-hydroxylation sites is 1. The number of amides is 2. The number of benzene rings is 2. The number of hydrogen-bond donors (Lipinski definition) is 1. The molecule has 1 N–H and O–H groups in total. The molecule has 8 heteroatoms. The average Bonchev–Trinajstić information content (AvgIpc) is 3.59. The highest BCUT2D eigenvalue weighted by Gasteiger charge is 2.48. The maximum atomic E-state index is 13.5. The number of carbonyl (C=O) groups is 3. The summed E-state index contributed by atoms with van der Waals surface area (Å²) in [7, 11) is 0. The molecule has 34 heavy (non-hydrogen) atoms. The van der Waals surface area contributed by atoms with E-state index in [2.05, 4.69) is 5.32 Å². The van der Waals surface area contributed by atoms with Gasteiger partial charge in [-0.1, -0.05) is 24.3 Å². The summed E-state index contributed by atoms with van der Waals surface area (Å²) < 4.78 is 11.3. The van der Waals surface area contributed by atoms with E-state index in [9.17, 15) is 14.4 Å². The van der Waals surface area contributed by atoms with Crippen molar-refractivity contribution in [2.75, 3.05) is 13.2 Å². The second-order valence-corrected chi connectivity index (χ2v) is 9.36. The van der Waals surface area contributed by atoms with Crippen molar-refractivity contribution in [2.24, 2.45) is 0 Å². The predicted molar refractivity (Wildman–Crippen MR) is 127 cm³/mol. The zero-order chi connectivity index (χ0) is 23.5. The lowest BCUT2D eigenvalue weighted by atomic mass is 10.1. The number of Topliss-reactive ketones (excluding diaryl/α,β-unsaturated/α-hetero) is 1. The Morgan fingerprint density at radius 3 is 2.56 bits per heavy atom. The Morgan fingerprint density at radius 2 is 1.82 bits per heavy atom. The second kappa shape index (κ2) is 9.79. The summed E-state index contributed by atoms with van der Waals surface area (Å²) in [6, 6.07) is 18.7. The minimum absolute atomic E-state index is 0.0401. The molecule has 0 saturated carbocycles. The molecule has 0 radical (unpaired) electrons. The lowest BCUT2D eigenvalue weighted by molar-refractivity contribution is -0.138. The van der Waals surface area contributed by atoms with Crippen LogP contribution in [-0.4, -0.2) is 53.8 Å². The fourth-order valence-electron chi connectivity index (χ4n) is 4.41. The van der Waals surface area contributed by atoms with Crippen LogP contribution < -0.4 is 10.1 Å². The van der Waals surface area contributed by atoms with Crippen molar-refractivity contribution in [3.8, 4) is 11.5 Å². The maximum absolute atomic E-state index is 13.5. The Kier molecular flexibility index (Phi) is 6.42. The van der Waals surface area contributed by atoms with Crippen molar-refractivity contribution >= 4 is 28.9 Å². The Hall–Kier alpha value is -3.49. The van der Waals surface area contributed by atoms with Crippen LogP contribution in [0.5, 0.6) is 11.5 Å². The van der Waals surface area contributed by atoms with Crippen LogP contribution >= 0.6 is 11.3 Å². The van der Waals surface area contributed by atoms with Gasteiger partial charge in [-0.25, -0.2) is 0 Å². The van der Waals surface area contributed by atoms with Crippen LogP contribution in [0.1, 0.15) is 21.7 Å². The number of ether oxygens (including phenoxy) is 2. The molecule has 0 bridgehead atoms. The number of carbonyl (C=O) groups excluding carboxylic acids is 3. The summed E-state index contributed by atoms with van der Waals surface area (Å²) in [5.41, 5.74) is 0.420. The topological polar surface area (TPSA) is 84.9 Å². The smallest absolute Gasteiger partial charge is 0.251 e. The molecule has 3 aromatic rings. The Bertz CT molecular complexity index is 1160. The fourth-order valence-corrected chi connectivity index (χ4v) is 5.16. The van der Waals surface area contributed by atoms with Crippen molar-refractivity contribution in [3.63, 3.8) is 0 Å². The molecule has 2 saturated heterocycles. The SMILES string of the molecule is O=C(NC(Cc1cccs1)C(=O)N1CCC2OCC(=O)C21)c1ccc(Oc2ccccc2)cc1. The van der Waals surface area contributed by atoms with E-state index in [-0.39, 0.29) is 30.3 Å². The lowest BCUT2D eigenvalue weighted by Crippen LogP contribution is -2.53. The number of likely N-dealkylation sites (tertiary alicyclic amines) is 1. The van der Waals surface area contributed by atoms with Crippen LogP contribution in [0.25, 0.3) is 0 Å². The Morgan fingerprint density at radius 1 is 1.06 bits per heavy atom. The molecular formula is C26H24N2O5S. The van der Waals surface area contributed by atoms with Gasteiger partial charge in [0.25, 0.3) is 5.91 Å². The largest absolute Gasteiger partial charge is 0.457 e. The van der Waals surface area contributed by atoms with Crippen LogP contribution in [0, 0.1) is 0 Å². The van der Waals surface area contributed by atoms with Gasteiger partial charge in [0, 0.05) is 23.4 Å². The molecule has 7 nitrogen and oxygen atoms in total. The first-order valence-corrected chi connectivity index (χ1v) is 12.1. The van der Waals surface area contributed by atoms with E-state index in [1.54, 1.807) is 29.2 Å². The Labute approximate surface area is 201 Å². The first-order chi connectivity index (χ1) is 16.6. The van der Waals surface area contributed by atoms with Gasteiger partial charge in [0.2, 0.25) is 5.91 Å². The molecule has 3 heterocycles. The minimum Gasteiger partial charge on any atom is -0.457 e. The number of hydrogen-bond acceptors (Lipinski definition) is 6. The summed E-state index contributed by atoms with van der Waals surface area (Å²) in [4.78, 5) is 41.4. The normalized spacial score (nSPS) is 20.1. The first kappa shape index (κ1) is 22.3. The number of thiophene rings is 1. The maximum Gasteiger partial charge on any atom is 0.251 e. The second-order valence-electron chi connectivity index (χ2n) is 8.33. The van der Waals surface area contributed by atoms with Gasteiger partial charge in [0.05, 0.1) is 6.10 Å². The van der Waals surface area contributed by atoms with E-state index < -0.39 is 12.1 Å². The summed E-state index contributed by atoms with van der Waals surface area (Å²) in [5, 5.41) is 4.83. The molecule has 2 aliphatic heterocycles. The predicted octanol–water partition coefficient (Wildman–Crippen LogP) is 3.45. The highest BCUT2D eigenvalue weighted by molar-refractivity contribution is 7.09. The number of nitrogens with zero attached hydrogens (tertiary/aromatic N) is 1. The monoisotopic (exact) mass is 476 g/mol. The van der Waals surface area contributed by atoms with E-state index in [4.69, 9.17) is 9.47 Å². The van der Waals surface area contributed by atoms with Gasteiger partial charge < -0.3 is 19.7 Å². The summed E-state index contributed by atoms with van der Waals surface area (Å²) in [6.45, 7) is 0.487. The third-order valence-corrected chi connectivity index (χ3v) is 6.98. The molecule has 174 valence electrons. The summed E-state index contributed by atoms with van der Waals surface area (Å²) in [6.07, 6.45) is 0.747. The van der Waals surface area contributed by atoms with Gasteiger partial charge >= 0.3 is 0 Å². The van der Waals surface area contributed by atoms with Crippen LogP contribution in [0.2, 0.25) is 0 Å². The van der Waals surface area contributed by atoms with Crippen molar-refractivity contribution in [1.29, 1.82) is 0 Å². The number of nitrogens with one attached hydrogen (secondary N) is 1. The number of rotatable bonds is 7. The van der Waals surface area contributed by atoms with E-state index in [1.165, 1.54) is 11.3 Å². The zero-order valence-electron chi connectivity index (χ0n) is 18.4. The van der Waals surface area contributed by atoms with Crippen LogP contribution in [-0.2, 0) is 20.7 Å². The fraction of sp³-hybridized carbons (Fsp3) is 0.269. The van der Waals surface area contributed by atoms with Gasteiger partial charge in [0.1, 0.15) is 30.2 Å². The number of fused-ring (bicyclic) bond motifs is 1. The molecule has 5 rings (SSSR count). The minimum atomic E-state index is -0.779. The van der Waals surface area contributed by atoms with Gasteiger partial charge in [-0.2, -0.15) is 0 Å². The molecule has 3 unspecified atom stereocenters. The molecule has 2 amide bonds. The standard InChI is InChI=1S/C26H24N2O5S/c29-22-16-32-23-12-13-28(24(22)23)26(31)21(15-20-7-4-14-34-20)27-25(30)17-8-10-19(11-9-17)33-18-5-2-1-3-6-18/h1-11,14,21,23-24H,12-13,15-16H2,(H,27,30). The highest BCUT2D eigenvalue weighted by atomic mass is 32.1. The molecule has 2 fully saturated rings. The quantitative estimate of drug-likeness (QED) is 0.565. The van der Waals surface area contributed by atoms with Gasteiger partial charge in [-0.05, 0) is 54.3 Å². The molecular weight excluding hydrogens is 452 g/mol. The van der Waals surface area contributed by atoms with Gasteiger partial charge in [-0.3, -0.25) is 14.4 Å². The van der Waals surface area contributed by atoms with Gasteiger partial charge in [-0.15, -0.1) is 11.3 Å². The molecule has 2 aromatic carbocycles. The summed E-state index contributed by atoms with van der Waals surface area (Å²) >= 11 is 1.53. The third-order valence-electron chi connectivity index (χ3n) is 6.08. The van der Waals surface area contributed by atoms with E-state index in [1.807, 2.05) is 47.8 Å². The van der Waals surface area contributed by atoms with Crippen molar-refractivity contribution in [2.45, 2.75) is 31.0 Å². The van der Waals surface area contributed by atoms with Crippen LogP contribution in [0.4, 0.5) is 0 Å². The van der Waals surface area contributed by atoms with Crippen LogP contribution in [0.3, 0.4) is 0 Å². The van der Waals surface area contributed by atoms with E-state index in [0.29, 0.717) is 36.4 Å². The Balaban J connectivity index is 1.30. The third kappa shape index (κ3) is 4.73. The number of ketones is 1. The van der Waals surface area contributed by atoms with E-state index >= 15 is 0 Å². The first-order valence-electron chi connectivity index (χ1n) is 11.2. The molecule has 1 aromatic heterocycles. The summed E-state index contributed by atoms with van der Waals surface area (Å²) in [5.74, 6) is 0.626. The molecule has 0 aliphatic carbocycles. The van der Waals surface area contributed by atoms with Crippen molar-refractivity contribution in [1.82, 2.24) is 10.2 Å². The van der Waals surface area contributed by atoms with Gasteiger partial charge in [0.15, 0.2) is 5.78 Å². The van der Waals surface area contributed by atoms with Crippen molar-refractivity contribution < 1.29 is 23.9 Å².